The van der Waals surface area contributed by atoms with Gasteiger partial charge in [0.1, 0.15) is 10.7 Å². The quantitative estimate of drug-likeness (QED) is 0.655. The molecule has 0 saturated heterocycles. The summed E-state index contributed by atoms with van der Waals surface area (Å²) in [7, 11) is 0. The van der Waals surface area contributed by atoms with Crippen LogP contribution in [0.25, 0.3) is 11.3 Å². The van der Waals surface area contributed by atoms with Gasteiger partial charge in [0, 0.05) is 36.8 Å². The summed E-state index contributed by atoms with van der Waals surface area (Å²) in [5.41, 5.74) is 3.59. The van der Waals surface area contributed by atoms with Crippen LogP contribution >= 0.6 is 11.3 Å². The molecular weight excluding hydrogens is 368 g/mol. The predicted octanol–water partition coefficient (Wildman–Crippen LogP) is 5.10. The Balaban J connectivity index is 1.53. The van der Waals surface area contributed by atoms with Crippen LogP contribution in [0, 0.1) is 12.8 Å². The van der Waals surface area contributed by atoms with E-state index < -0.39 is 0 Å². The van der Waals surface area contributed by atoms with Gasteiger partial charge in [-0.2, -0.15) is 0 Å². The highest BCUT2D eigenvalue weighted by Crippen LogP contribution is 2.26. The summed E-state index contributed by atoms with van der Waals surface area (Å²) in [6, 6.07) is 7.93. The summed E-state index contributed by atoms with van der Waals surface area (Å²) in [6.07, 6.45) is 6.49. The van der Waals surface area contributed by atoms with Crippen LogP contribution in [0.3, 0.4) is 0 Å². The van der Waals surface area contributed by atoms with Gasteiger partial charge in [0.05, 0.1) is 16.4 Å². The zero-order chi connectivity index (χ0) is 19.7. The molecule has 1 aromatic carbocycles. The fraction of sp³-hybridized carbons (Fsp3) is 0.409. The number of aryl methyl sites for hydroxylation is 3. The van der Waals surface area contributed by atoms with E-state index in [-0.39, 0.29) is 5.91 Å². The Morgan fingerprint density at radius 2 is 2.14 bits per heavy atom. The number of nitrogens with zero attached hydrogens (tertiary/aromatic N) is 3. The maximum atomic E-state index is 12.8. The molecule has 0 atom stereocenters. The van der Waals surface area contributed by atoms with Gasteiger partial charge in [0.25, 0.3) is 5.91 Å². The Morgan fingerprint density at radius 3 is 2.93 bits per heavy atom. The van der Waals surface area contributed by atoms with Crippen LogP contribution < -0.4 is 5.32 Å². The molecule has 2 aromatic heterocycles. The van der Waals surface area contributed by atoms with Crippen LogP contribution in [0.15, 0.2) is 30.5 Å². The van der Waals surface area contributed by atoms with E-state index in [1.54, 1.807) is 0 Å². The van der Waals surface area contributed by atoms with Crippen molar-refractivity contribution >= 4 is 22.9 Å². The molecule has 28 heavy (non-hydrogen) atoms. The lowest BCUT2D eigenvalue weighted by atomic mass is 10.1. The topological polar surface area (TPSA) is 59.8 Å². The van der Waals surface area contributed by atoms with E-state index in [2.05, 4.69) is 34.9 Å². The molecule has 0 fully saturated rings. The van der Waals surface area contributed by atoms with Crippen molar-refractivity contribution in [3.05, 3.63) is 51.9 Å². The lowest BCUT2D eigenvalue weighted by Gasteiger charge is -2.11. The van der Waals surface area contributed by atoms with E-state index in [1.807, 2.05) is 31.2 Å². The number of aromatic nitrogens is 3. The summed E-state index contributed by atoms with van der Waals surface area (Å²) in [6.45, 7) is 7.27. The Kier molecular flexibility index (Phi) is 5.31. The first-order valence-corrected chi connectivity index (χ1v) is 10.8. The van der Waals surface area contributed by atoms with Gasteiger partial charge in [-0.1, -0.05) is 26.0 Å². The minimum absolute atomic E-state index is 0.0914. The van der Waals surface area contributed by atoms with E-state index >= 15 is 0 Å². The largest absolute Gasteiger partial charge is 0.334 e. The number of anilines is 1. The number of carbonyl (C=O) groups excluding carboxylic acids is 1. The summed E-state index contributed by atoms with van der Waals surface area (Å²) in [5, 5.41) is 4.06. The summed E-state index contributed by atoms with van der Waals surface area (Å²) in [4.78, 5) is 22.8. The SMILES string of the molecule is Cc1nc(CC(C)C)sc1C(=O)Nc1cccc(-c2cn3c(n2)CCCC3)c1. The smallest absolute Gasteiger partial charge is 0.267 e. The molecule has 0 aliphatic carbocycles. The standard InChI is InChI=1S/C22H26N4OS/c1-14(2)11-20-23-15(3)21(28-20)22(27)24-17-8-6-7-16(12-17)18-13-26-10-5-4-9-19(26)25-18/h6-8,12-14H,4-5,9-11H2,1-3H3,(H,24,27). The van der Waals surface area contributed by atoms with Crippen molar-refractivity contribution in [3.63, 3.8) is 0 Å². The maximum Gasteiger partial charge on any atom is 0.267 e. The fourth-order valence-corrected chi connectivity index (χ4v) is 4.77. The number of benzene rings is 1. The van der Waals surface area contributed by atoms with E-state index in [4.69, 9.17) is 4.98 Å². The molecule has 0 saturated carbocycles. The predicted molar refractivity (Wildman–Crippen MR) is 114 cm³/mol. The lowest BCUT2D eigenvalue weighted by Crippen LogP contribution is -2.11. The number of thiazole rings is 1. The lowest BCUT2D eigenvalue weighted by molar-refractivity contribution is 0.103. The first kappa shape index (κ1) is 18.9. The van der Waals surface area contributed by atoms with Gasteiger partial charge in [-0.15, -0.1) is 11.3 Å². The van der Waals surface area contributed by atoms with Crippen LogP contribution in [0.2, 0.25) is 0 Å². The van der Waals surface area contributed by atoms with Crippen molar-refractivity contribution in [1.82, 2.24) is 14.5 Å². The van der Waals surface area contributed by atoms with Gasteiger partial charge in [-0.3, -0.25) is 4.79 Å². The maximum absolute atomic E-state index is 12.8. The number of carbonyl (C=O) groups is 1. The van der Waals surface area contributed by atoms with Crippen LogP contribution in [0.4, 0.5) is 5.69 Å². The highest BCUT2D eigenvalue weighted by molar-refractivity contribution is 7.13. The summed E-state index contributed by atoms with van der Waals surface area (Å²) in [5.74, 6) is 1.60. The van der Waals surface area contributed by atoms with Crippen LogP contribution in [0.1, 0.15) is 52.9 Å². The molecule has 1 aliphatic heterocycles. The molecule has 0 bridgehead atoms. The number of fused-ring (bicyclic) bond motifs is 1. The van der Waals surface area contributed by atoms with Crippen LogP contribution in [0.5, 0.6) is 0 Å². The van der Waals surface area contributed by atoms with Crippen molar-refractivity contribution in [2.24, 2.45) is 5.92 Å². The Morgan fingerprint density at radius 1 is 1.29 bits per heavy atom. The zero-order valence-corrected chi connectivity index (χ0v) is 17.5. The fourth-order valence-electron chi connectivity index (χ4n) is 3.60. The van der Waals surface area contributed by atoms with E-state index in [0.717, 1.165) is 52.9 Å². The summed E-state index contributed by atoms with van der Waals surface area (Å²) >= 11 is 1.50. The van der Waals surface area contributed by atoms with Crippen molar-refractivity contribution < 1.29 is 4.79 Å². The average molecular weight is 395 g/mol. The molecule has 1 amide bonds. The average Bonchev–Trinajstić information content (AvgIpc) is 3.24. The molecule has 1 N–H and O–H groups in total. The molecule has 3 aromatic rings. The molecule has 4 rings (SSSR count). The highest BCUT2D eigenvalue weighted by atomic mass is 32.1. The van der Waals surface area contributed by atoms with Crippen molar-refractivity contribution in [1.29, 1.82) is 0 Å². The molecule has 0 unspecified atom stereocenters. The normalized spacial score (nSPS) is 13.6. The number of amides is 1. The number of hydrogen-bond donors (Lipinski definition) is 1. The molecular formula is C22H26N4OS. The Hall–Kier alpha value is -2.47. The minimum atomic E-state index is -0.0914. The van der Waals surface area contributed by atoms with Gasteiger partial charge in [0.2, 0.25) is 0 Å². The van der Waals surface area contributed by atoms with Crippen molar-refractivity contribution in [2.75, 3.05) is 5.32 Å². The van der Waals surface area contributed by atoms with Gasteiger partial charge in [-0.05, 0) is 37.8 Å². The molecule has 6 heteroatoms. The second-order valence-electron chi connectivity index (χ2n) is 7.85. The van der Waals surface area contributed by atoms with E-state index in [1.165, 1.54) is 24.2 Å². The Bertz CT molecular complexity index is 978. The second-order valence-corrected chi connectivity index (χ2v) is 8.93. The molecule has 3 heterocycles. The zero-order valence-electron chi connectivity index (χ0n) is 16.7. The van der Waals surface area contributed by atoms with E-state index in [9.17, 15) is 4.79 Å². The monoisotopic (exact) mass is 394 g/mol. The Labute approximate surface area is 169 Å². The van der Waals surface area contributed by atoms with Gasteiger partial charge >= 0.3 is 0 Å². The molecule has 146 valence electrons. The van der Waals surface area contributed by atoms with Gasteiger partial charge in [0.15, 0.2) is 0 Å². The number of nitrogens with one attached hydrogen (secondary N) is 1. The third-order valence-electron chi connectivity index (χ3n) is 4.95. The number of hydrogen-bond acceptors (Lipinski definition) is 4. The second kappa shape index (κ2) is 7.87. The first-order valence-electron chi connectivity index (χ1n) is 9.93. The van der Waals surface area contributed by atoms with Gasteiger partial charge in [-0.25, -0.2) is 9.97 Å². The third kappa shape index (κ3) is 4.02. The minimum Gasteiger partial charge on any atom is -0.334 e. The number of rotatable bonds is 5. The van der Waals surface area contributed by atoms with Crippen LogP contribution in [-0.4, -0.2) is 20.4 Å². The van der Waals surface area contributed by atoms with Crippen LogP contribution in [-0.2, 0) is 19.4 Å². The molecule has 0 radical (unpaired) electrons. The van der Waals surface area contributed by atoms with Gasteiger partial charge < -0.3 is 9.88 Å². The third-order valence-corrected chi connectivity index (χ3v) is 6.13. The molecule has 0 spiro atoms. The molecule has 5 nitrogen and oxygen atoms in total. The highest BCUT2D eigenvalue weighted by Gasteiger charge is 2.17. The van der Waals surface area contributed by atoms with E-state index in [0.29, 0.717) is 10.8 Å². The summed E-state index contributed by atoms with van der Waals surface area (Å²) < 4.78 is 2.25. The molecule has 1 aliphatic rings. The number of imidazole rings is 1. The first-order chi connectivity index (χ1) is 13.5. The van der Waals surface area contributed by atoms with Crippen molar-refractivity contribution in [2.45, 2.75) is 53.0 Å². The van der Waals surface area contributed by atoms with Crippen molar-refractivity contribution in [3.8, 4) is 11.3 Å².